The highest BCUT2D eigenvalue weighted by Crippen LogP contribution is 2.47. The number of hydrogen-bond donors (Lipinski definition) is 1. The lowest BCUT2D eigenvalue weighted by atomic mass is 10.1. The molecular formula is C16H16FN3O2. The molecule has 0 saturated heterocycles. The Bertz CT molecular complexity index is 667. The SMILES string of the molecule is CCOC(=O)c1cnc(NC2(c3ccc(F)cc3)CC2)nc1. The average molecular weight is 301 g/mol. The molecule has 5 nitrogen and oxygen atoms in total. The van der Waals surface area contributed by atoms with Gasteiger partial charge in [0, 0.05) is 12.4 Å². The number of hydrogen-bond acceptors (Lipinski definition) is 5. The van der Waals surface area contributed by atoms with Crippen LogP contribution in [0.4, 0.5) is 10.3 Å². The first kappa shape index (κ1) is 14.4. The van der Waals surface area contributed by atoms with E-state index in [0.29, 0.717) is 18.1 Å². The summed E-state index contributed by atoms with van der Waals surface area (Å²) in [4.78, 5) is 19.9. The van der Waals surface area contributed by atoms with Crippen molar-refractivity contribution in [2.24, 2.45) is 0 Å². The first-order valence-electron chi connectivity index (χ1n) is 7.16. The van der Waals surface area contributed by atoms with Crippen LogP contribution in [0.15, 0.2) is 36.7 Å². The molecule has 1 aromatic heterocycles. The van der Waals surface area contributed by atoms with E-state index >= 15 is 0 Å². The summed E-state index contributed by atoms with van der Waals surface area (Å²) >= 11 is 0. The second-order valence-corrected chi connectivity index (χ2v) is 5.23. The van der Waals surface area contributed by atoms with Gasteiger partial charge in [0.2, 0.25) is 5.95 Å². The fourth-order valence-electron chi connectivity index (χ4n) is 2.31. The van der Waals surface area contributed by atoms with Crippen LogP contribution in [-0.2, 0) is 10.3 Å². The smallest absolute Gasteiger partial charge is 0.341 e. The fourth-order valence-corrected chi connectivity index (χ4v) is 2.31. The zero-order valence-corrected chi connectivity index (χ0v) is 12.2. The minimum Gasteiger partial charge on any atom is -0.462 e. The Kier molecular flexibility index (Phi) is 3.75. The van der Waals surface area contributed by atoms with Crippen molar-refractivity contribution >= 4 is 11.9 Å². The summed E-state index contributed by atoms with van der Waals surface area (Å²) in [5.74, 6) is -0.252. The first-order chi connectivity index (χ1) is 10.6. The maximum atomic E-state index is 13.0. The molecule has 22 heavy (non-hydrogen) atoms. The van der Waals surface area contributed by atoms with Crippen molar-refractivity contribution < 1.29 is 13.9 Å². The Balaban J connectivity index is 1.73. The van der Waals surface area contributed by atoms with Gasteiger partial charge in [0.1, 0.15) is 5.82 Å². The van der Waals surface area contributed by atoms with Crippen LogP contribution in [0, 0.1) is 5.82 Å². The Hall–Kier alpha value is -2.50. The second-order valence-electron chi connectivity index (χ2n) is 5.23. The maximum Gasteiger partial charge on any atom is 0.341 e. The van der Waals surface area contributed by atoms with Crippen LogP contribution in [0.25, 0.3) is 0 Å². The predicted octanol–water partition coefficient (Wildman–Crippen LogP) is 2.89. The topological polar surface area (TPSA) is 64.1 Å². The lowest BCUT2D eigenvalue weighted by Crippen LogP contribution is -2.20. The highest BCUT2D eigenvalue weighted by molar-refractivity contribution is 5.88. The van der Waals surface area contributed by atoms with Crippen molar-refractivity contribution in [3.63, 3.8) is 0 Å². The number of benzene rings is 1. The van der Waals surface area contributed by atoms with Gasteiger partial charge in [0.25, 0.3) is 0 Å². The molecule has 0 atom stereocenters. The Morgan fingerprint density at radius 1 is 1.27 bits per heavy atom. The molecule has 3 rings (SSSR count). The predicted molar refractivity (Wildman–Crippen MR) is 78.9 cm³/mol. The van der Waals surface area contributed by atoms with Gasteiger partial charge in [-0.25, -0.2) is 19.2 Å². The van der Waals surface area contributed by atoms with E-state index in [9.17, 15) is 9.18 Å². The number of halogens is 1. The van der Waals surface area contributed by atoms with E-state index in [0.717, 1.165) is 18.4 Å². The zero-order chi connectivity index (χ0) is 15.6. The number of nitrogens with zero attached hydrogens (tertiary/aromatic N) is 2. The van der Waals surface area contributed by atoms with E-state index < -0.39 is 5.97 Å². The summed E-state index contributed by atoms with van der Waals surface area (Å²) < 4.78 is 17.9. The number of rotatable bonds is 5. The molecule has 1 saturated carbocycles. The fraction of sp³-hybridized carbons (Fsp3) is 0.312. The number of aromatic nitrogens is 2. The van der Waals surface area contributed by atoms with E-state index in [4.69, 9.17) is 4.74 Å². The first-order valence-corrected chi connectivity index (χ1v) is 7.16. The number of nitrogens with one attached hydrogen (secondary N) is 1. The van der Waals surface area contributed by atoms with Crippen molar-refractivity contribution in [2.75, 3.05) is 11.9 Å². The van der Waals surface area contributed by atoms with Crippen LogP contribution >= 0.6 is 0 Å². The van der Waals surface area contributed by atoms with E-state index in [1.165, 1.54) is 24.5 Å². The minimum absolute atomic E-state index is 0.237. The normalized spacial score (nSPS) is 15.2. The Labute approximate surface area is 127 Å². The molecule has 2 aromatic rings. The van der Waals surface area contributed by atoms with Crippen molar-refractivity contribution in [2.45, 2.75) is 25.3 Å². The summed E-state index contributed by atoms with van der Waals surface area (Å²) in [5.41, 5.74) is 1.09. The molecule has 114 valence electrons. The van der Waals surface area contributed by atoms with E-state index in [1.54, 1.807) is 19.1 Å². The van der Waals surface area contributed by atoms with Crippen molar-refractivity contribution in [1.29, 1.82) is 0 Å². The monoisotopic (exact) mass is 301 g/mol. The van der Waals surface area contributed by atoms with Gasteiger partial charge >= 0.3 is 5.97 Å². The molecule has 1 fully saturated rings. The molecule has 6 heteroatoms. The van der Waals surface area contributed by atoms with E-state index in [-0.39, 0.29) is 11.4 Å². The van der Waals surface area contributed by atoms with Crippen LogP contribution in [0.3, 0.4) is 0 Å². The molecule has 0 spiro atoms. The lowest BCUT2D eigenvalue weighted by molar-refractivity contribution is 0.0525. The van der Waals surface area contributed by atoms with Gasteiger partial charge in [0.15, 0.2) is 0 Å². The number of esters is 1. The van der Waals surface area contributed by atoms with Crippen LogP contribution < -0.4 is 5.32 Å². The van der Waals surface area contributed by atoms with E-state index in [1.807, 2.05) is 0 Å². The molecule has 1 heterocycles. The zero-order valence-electron chi connectivity index (χ0n) is 12.2. The van der Waals surface area contributed by atoms with Gasteiger partial charge in [-0.3, -0.25) is 0 Å². The molecule has 0 radical (unpaired) electrons. The van der Waals surface area contributed by atoms with Gasteiger partial charge in [0.05, 0.1) is 17.7 Å². The van der Waals surface area contributed by atoms with Crippen LogP contribution in [0.5, 0.6) is 0 Å². The maximum absolute atomic E-state index is 13.0. The summed E-state index contributed by atoms with van der Waals surface area (Å²) in [6, 6.07) is 6.42. The average Bonchev–Trinajstić information content (AvgIpc) is 3.29. The van der Waals surface area contributed by atoms with Crippen LogP contribution in [0.2, 0.25) is 0 Å². The summed E-state index contributed by atoms with van der Waals surface area (Å²) in [5, 5.41) is 3.27. The summed E-state index contributed by atoms with van der Waals surface area (Å²) in [6.45, 7) is 2.06. The molecule has 1 aromatic carbocycles. The lowest BCUT2D eigenvalue weighted by Gasteiger charge is -2.17. The summed E-state index contributed by atoms with van der Waals surface area (Å²) in [6.07, 6.45) is 4.74. The highest BCUT2D eigenvalue weighted by Gasteiger charge is 2.45. The van der Waals surface area contributed by atoms with Gasteiger partial charge in [-0.05, 0) is 37.5 Å². The van der Waals surface area contributed by atoms with Gasteiger partial charge in [-0.2, -0.15) is 0 Å². The third kappa shape index (κ3) is 2.90. The van der Waals surface area contributed by atoms with Crippen LogP contribution in [0.1, 0.15) is 35.7 Å². The second kappa shape index (κ2) is 5.71. The Morgan fingerprint density at radius 3 is 2.45 bits per heavy atom. The minimum atomic E-state index is -0.436. The molecule has 1 N–H and O–H groups in total. The molecule has 1 aliphatic carbocycles. The molecule has 0 unspecified atom stereocenters. The molecular weight excluding hydrogens is 285 g/mol. The molecule has 1 aliphatic rings. The number of carbonyl (C=O) groups is 1. The number of anilines is 1. The number of ether oxygens (including phenoxy) is 1. The number of carbonyl (C=O) groups excluding carboxylic acids is 1. The molecule has 0 amide bonds. The van der Waals surface area contributed by atoms with Crippen molar-refractivity contribution in [3.8, 4) is 0 Å². The molecule has 0 bridgehead atoms. The largest absolute Gasteiger partial charge is 0.462 e. The van der Waals surface area contributed by atoms with Crippen molar-refractivity contribution in [1.82, 2.24) is 9.97 Å². The van der Waals surface area contributed by atoms with Crippen LogP contribution in [-0.4, -0.2) is 22.5 Å². The van der Waals surface area contributed by atoms with Crippen molar-refractivity contribution in [3.05, 3.63) is 53.6 Å². The van der Waals surface area contributed by atoms with Gasteiger partial charge in [-0.15, -0.1) is 0 Å². The van der Waals surface area contributed by atoms with Gasteiger partial charge in [-0.1, -0.05) is 12.1 Å². The molecule has 0 aliphatic heterocycles. The quantitative estimate of drug-likeness (QED) is 0.860. The Morgan fingerprint density at radius 2 is 1.91 bits per heavy atom. The summed E-state index contributed by atoms with van der Waals surface area (Å²) in [7, 11) is 0. The standard InChI is InChI=1S/C16H16FN3O2/c1-2-22-14(21)11-9-18-15(19-10-11)20-16(7-8-16)12-3-5-13(17)6-4-12/h3-6,9-10H,2,7-8H2,1H3,(H,18,19,20). The van der Waals surface area contributed by atoms with E-state index in [2.05, 4.69) is 15.3 Å². The van der Waals surface area contributed by atoms with Gasteiger partial charge < -0.3 is 10.1 Å². The highest BCUT2D eigenvalue weighted by atomic mass is 19.1. The third-order valence-electron chi connectivity index (χ3n) is 3.66. The third-order valence-corrected chi connectivity index (χ3v) is 3.66.